The summed E-state index contributed by atoms with van der Waals surface area (Å²) in [6, 6.07) is 0. The molecular weight excluding hydrogens is 311 g/mol. The standard InChI is InChI=1S/C12H13ClF3N3S/c1-6-7(2)20-11-9(6)10(13)17-8(18-11)4-19(3)5-12(14,15)16/h4-5H2,1-3H3. The summed E-state index contributed by atoms with van der Waals surface area (Å²) in [5.74, 6) is 0.301. The normalized spacial score (nSPS) is 12.6. The van der Waals surface area contributed by atoms with Crippen molar-refractivity contribution in [2.75, 3.05) is 13.6 Å². The molecule has 2 heterocycles. The molecule has 2 aromatic rings. The van der Waals surface area contributed by atoms with Crippen molar-refractivity contribution in [1.29, 1.82) is 0 Å². The molecule has 0 aliphatic rings. The number of rotatable bonds is 3. The lowest BCUT2D eigenvalue weighted by Crippen LogP contribution is -2.31. The van der Waals surface area contributed by atoms with Crippen LogP contribution in [0.25, 0.3) is 10.2 Å². The van der Waals surface area contributed by atoms with Crippen LogP contribution in [0, 0.1) is 13.8 Å². The Hall–Kier alpha value is -0.920. The molecule has 20 heavy (non-hydrogen) atoms. The van der Waals surface area contributed by atoms with Crippen molar-refractivity contribution in [2.45, 2.75) is 26.6 Å². The van der Waals surface area contributed by atoms with Crippen molar-refractivity contribution >= 4 is 33.2 Å². The first kappa shape index (κ1) is 15.5. The fourth-order valence-corrected chi connectivity index (χ4v) is 3.35. The van der Waals surface area contributed by atoms with Gasteiger partial charge in [0.25, 0.3) is 0 Å². The summed E-state index contributed by atoms with van der Waals surface area (Å²) in [6.07, 6.45) is -4.24. The zero-order chi connectivity index (χ0) is 15.1. The van der Waals surface area contributed by atoms with E-state index in [1.54, 1.807) is 0 Å². The van der Waals surface area contributed by atoms with Crippen molar-refractivity contribution in [1.82, 2.24) is 14.9 Å². The number of hydrogen-bond acceptors (Lipinski definition) is 4. The summed E-state index contributed by atoms with van der Waals surface area (Å²) >= 11 is 7.58. The highest BCUT2D eigenvalue weighted by Crippen LogP contribution is 2.33. The number of halogens is 4. The minimum atomic E-state index is -4.24. The molecule has 0 saturated carbocycles. The minimum Gasteiger partial charge on any atom is -0.291 e. The average Bonchev–Trinajstić information content (AvgIpc) is 2.51. The Kier molecular flexibility index (Phi) is 4.22. The number of thiophene rings is 1. The van der Waals surface area contributed by atoms with Crippen molar-refractivity contribution < 1.29 is 13.2 Å². The summed E-state index contributed by atoms with van der Waals surface area (Å²) in [6.45, 7) is 2.88. The molecule has 3 nitrogen and oxygen atoms in total. The predicted octanol–water partition coefficient (Wildman–Crippen LogP) is 3.96. The first-order valence-electron chi connectivity index (χ1n) is 5.85. The smallest absolute Gasteiger partial charge is 0.291 e. The second-order valence-corrected chi connectivity index (χ2v) is 6.24. The average molecular weight is 324 g/mol. The van der Waals surface area contributed by atoms with E-state index in [2.05, 4.69) is 9.97 Å². The molecule has 0 saturated heterocycles. The second kappa shape index (κ2) is 5.46. The summed E-state index contributed by atoms with van der Waals surface area (Å²) in [7, 11) is 1.37. The number of aryl methyl sites for hydroxylation is 2. The van der Waals surface area contributed by atoms with Crippen molar-refractivity contribution in [2.24, 2.45) is 0 Å². The zero-order valence-electron chi connectivity index (χ0n) is 11.2. The first-order chi connectivity index (χ1) is 9.17. The maximum absolute atomic E-state index is 12.3. The van der Waals surface area contributed by atoms with Gasteiger partial charge in [0.05, 0.1) is 18.5 Å². The van der Waals surface area contributed by atoms with Gasteiger partial charge in [-0.3, -0.25) is 4.90 Å². The molecule has 0 fully saturated rings. The fourth-order valence-electron chi connectivity index (χ4n) is 1.92. The lowest BCUT2D eigenvalue weighted by molar-refractivity contribution is -0.144. The highest BCUT2D eigenvalue weighted by atomic mass is 35.5. The van der Waals surface area contributed by atoms with Gasteiger partial charge in [0.2, 0.25) is 0 Å². The van der Waals surface area contributed by atoms with E-state index in [4.69, 9.17) is 11.6 Å². The predicted molar refractivity (Wildman–Crippen MR) is 74.3 cm³/mol. The lowest BCUT2D eigenvalue weighted by Gasteiger charge is -2.17. The van der Waals surface area contributed by atoms with Gasteiger partial charge in [0, 0.05) is 4.88 Å². The Labute approximate surface area is 123 Å². The minimum absolute atomic E-state index is 0.00512. The van der Waals surface area contributed by atoms with Crippen LogP contribution in [0.2, 0.25) is 5.15 Å². The van der Waals surface area contributed by atoms with E-state index < -0.39 is 12.7 Å². The third kappa shape index (κ3) is 3.39. The van der Waals surface area contributed by atoms with E-state index in [-0.39, 0.29) is 6.54 Å². The zero-order valence-corrected chi connectivity index (χ0v) is 12.7. The van der Waals surface area contributed by atoms with E-state index in [0.717, 1.165) is 25.6 Å². The maximum Gasteiger partial charge on any atom is 0.401 e. The third-order valence-corrected chi connectivity index (χ3v) is 4.27. The maximum atomic E-state index is 12.3. The molecule has 0 aliphatic carbocycles. The number of nitrogens with zero attached hydrogens (tertiary/aromatic N) is 3. The summed E-state index contributed by atoms with van der Waals surface area (Å²) in [4.78, 5) is 11.3. The quantitative estimate of drug-likeness (QED) is 0.801. The molecule has 0 bridgehead atoms. The number of fused-ring (bicyclic) bond motifs is 1. The van der Waals surface area contributed by atoms with Crippen LogP contribution in [0.4, 0.5) is 13.2 Å². The molecule has 0 N–H and O–H groups in total. The van der Waals surface area contributed by atoms with Crippen LogP contribution in [0.3, 0.4) is 0 Å². The van der Waals surface area contributed by atoms with Gasteiger partial charge < -0.3 is 0 Å². The van der Waals surface area contributed by atoms with E-state index >= 15 is 0 Å². The molecule has 0 unspecified atom stereocenters. The second-order valence-electron chi connectivity index (χ2n) is 4.68. The summed E-state index contributed by atoms with van der Waals surface area (Å²) < 4.78 is 36.9. The Bertz CT molecular complexity index is 639. The van der Waals surface area contributed by atoms with Crippen LogP contribution in [-0.4, -0.2) is 34.6 Å². The molecule has 0 atom stereocenters. The molecule has 0 radical (unpaired) electrons. The Balaban J connectivity index is 2.28. The Morgan fingerprint density at radius 1 is 1.25 bits per heavy atom. The molecule has 110 valence electrons. The van der Waals surface area contributed by atoms with E-state index in [1.807, 2.05) is 13.8 Å². The SMILES string of the molecule is Cc1sc2nc(CN(C)CC(F)(F)F)nc(Cl)c2c1C. The number of alkyl halides is 3. The topological polar surface area (TPSA) is 29.0 Å². The summed E-state index contributed by atoms with van der Waals surface area (Å²) in [5, 5.41) is 1.09. The highest BCUT2D eigenvalue weighted by molar-refractivity contribution is 7.18. The highest BCUT2D eigenvalue weighted by Gasteiger charge is 2.29. The van der Waals surface area contributed by atoms with Crippen molar-refractivity contribution in [3.8, 4) is 0 Å². The van der Waals surface area contributed by atoms with Crippen molar-refractivity contribution in [3.05, 3.63) is 21.4 Å². The van der Waals surface area contributed by atoms with Crippen LogP contribution in [0.15, 0.2) is 0 Å². The van der Waals surface area contributed by atoms with Gasteiger partial charge in [-0.25, -0.2) is 9.97 Å². The van der Waals surface area contributed by atoms with Crippen LogP contribution < -0.4 is 0 Å². The fraction of sp³-hybridized carbons (Fsp3) is 0.500. The van der Waals surface area contributed by atoms with Gasteiger partial charge >= 0.3 is 6.18 Å². The van der Waals surface area contributed by atoms with Gasteiger partial charge in [-0.1, -0.05) is 11.6 Å². The molecular formula is C12H13ClF3N3S. The largest absolute Gasteiger partial charge is 0.401 e. The number of aromatic nitrogens is 2. The van der Waals surface area contributed by atoms with E-state index in [0.29, 0.717) is 11.0 Å². The lowest BCUT2D eigenvalue weighted by atomic mass is 10.2. The van der Waals surface area contributed by atoms with Crippen LogP contribution in [0.1, 0.15) is 16.3 Å². The monoisotopic (exact) mass is 323 g/mol. The van der Waals surface area contributed by atoms with Gasteiger partial charge in [0.1, 0.15) is 15.8 Å². The van der Waals surface area contributed by atoms with E-state index in [1.165, 1.54) is 18.4 Å². The molecule has 8 heteroatoms. The van der Waals surface area contributed by atoms with Gasteiger partial charge in [-0.2, -0.15) is 13.2 Å². The molecule has 2 rings (SSSR count). The van der Waals surface area contributed by atoms with Crippen LogP contribution in [-0.2, 0) is 6.54 Å². The number of hydrogen-bond donors (Lipinski definition) is 0. The van der Waals surface area contributed by atoms with Crippen LogP contribution in [0.5, 0.6) is 0 Å². The van der Waals surface area contributed by atoms with Gasteiger partial charge in [-0.05, 0) is 26.5 Å². The first-order valence-corrected chi connectivity index (χ1v) is 7.04. The van der Waals surface area contributed by atoms with Crippen molar-refractivity contribution in [3.63, 3.8) is 0 Å². The van der Waals surface area contributed by atoms with Gasteiger partial charge in [0.15, 0.2) is 0 Å². The third-order valence-electron chi connectivity index (χ3n) is 2.89. The molecule has 0 aromatic carbocycles. The van der Waals surface area contributed by atoms with E-state index in [9.17, 15) is 13.2 Å². The Morgan fingerprint density at radius 3 is 2.50 bits per heavy atom. The summed E-state index contributed by atoms with van der Waals surface area (Å²) in [5.41, 5.74) is 1.02. The van der Waals surface area contributed by atoms with Gasteiger partial charge in [-0.15, -0.1) is 11.3 Å². The molecule has 2 aromatic heterocycles. The molecule has 0 spiro atoms. The molecule has 0 amide bonds. The Morgan fingerprint density at radius 2 is 1.90 bits per heavy atom. The molecule has 0 aliphatic heterocycles. The van der Waals surface area contributed by atoms with Crippen LogP contribution >= 0.6 is 22.9 Å².